The molecule has 0 aromatic rings. The van der Waals surface area contributed by atoms with Gasteiger partial charge in [0.15, 0.2) is 0 Å². The molecule has 54 valence electrons. The van der Waals surface area contributed by atoms with Gasteiger partial charge < -0.3 is 5.32 Å². The van der Waals surface area contributed by atoms with Crippen molar-refractivity contribution in [1.82, 2.24) is 5.32 Å². The van der Waals surface area contributed by atoms with E-state index in [1.54, 1.807) is 6.92 Å². The number of hydrogen-bond acceptors (Lipinski definition) is 1. The maximum atomic E-state index is 12.6. The van der Waals surface area contributed by atoms with Crippen LogP contribution in [-0.2, 0) is 0 Å². The second-order valence-electron chi connectivity index (χ2n) is 2.62. The number of halogens is 2. The van der Waals surface area contributed by atoms with Crippen molar-refractivity contribution in [2.24, 2.45) is 5.92 Å². The first-order valence-electron chi connectivity index (χ1n) is 3.21. The van der Waals surface area contributed by atoms with Crippen LogP contribution >= 0.6 is 0 Å². The topological polar surface area (TPSA) is 12.0 Å². The summed E-state index contributed by atoms with van der Waals surface area (Å²) in [5.74, 6) is -2.92. The minimum atomic E-state index is -2.43. The van der Waals surface area contributed by atoms with Gasteiger partial charge >= 0.3 is 0 Å². The molecule has 0 aromatic carbocycles. The highest BCUT2D eigenvalue weighted by molar-refractivity contribution is 4.80. The fraction of sp³-hybridized carbons (Fsp3) is 1.00. The average Bonchev–Trinajstić information content (AvgIpc) is 1.77. The maximum Gasteiger partial charge on any atom is 0.253 e. The van der Waals surface area contributed by atoms with E-state index in [-0.39, 0.29) is 6.42 Å². The van der Waals surface area contributed by atoms with E-state index in [1.165, 1.54) is 0 Å². The first-order chi connectivity index (χ1) is 4.13. The second kappa shape index (κ2) is 2.21. The van der Waals surface area contributed by atoms with Gasteiger partial charge in [0, 0.05) is 25.4 Å². The molecule has 1 unspecified atom stereocenters. The van der Waals surface area contributed by atoms with Gasteiger partial charge in [0.1, 0.15) is 0 Å². The zero-order chi connectivity index (χ0) is 6.91. The Hall–Kier alpha value is -0.180. The van der Waals surface area contributed by atoms with E-state index in [2.05, 4.69) is 5.32 Å². The smallest absolute Gasteiger partial charge is 0.253 e. The van der Waals surface area contributed by atoms with Gasteiger partial charge in [0.05, 0.1) is 0 Å². The zero-order valence-corrected chi connectivity index (χ0v) is 5.45. The molecule has 0 bridgehead atoms. The zero-order valence-electron chi connectivity index (χ0n) is 5.45. The molecule has 1 aliphatic rings. The standard InChI is InChI=1S/C6H11F2N/c1-5-4-9-3-2-6(5,7)8/h5,9H,2-4H2,1H3. The number of alkyl halides is 2. The molecule has 1 aliphatic heterocycles. The molecular formula is C6H11F2N. The summed E-state index contributed by atoms with van der Waals surface area (Å²) in [6, 6.07) is 0. The number of hydrogen-bond donors (Lipinski definition) is 1. The first kappa shape index (κ1) is 6.93. The Morgan fingerprint density at radius 2 is 2.22 bits per heavy atom. The minimum Gasteiger partial charge on any atom is -0.316 e. The molecular weight excluding hydrogens is 124 g/mol. The van der Waals surface area contributed by atoms with Gasteiger partial charge in [0.25, 0.3) is 5.92 Å². The van der Waals surface area contributed by atoms with E-state index in [0.29, 0.717) is 13.1 Å². The van der Waals surface area contributed by atoms with E-state index < -0.39 is 11.8 Å². The van der Waals surface area contributed by atoms with E-state index >= 15 is 0 Å². The van der Waals surface area contributed by atoms with Gasteiger partial charge in [-0.25, -0.2) is 8.78 Å². The Kier molecular flexibility index (Phi) is 1.70. The summed E-state index contributed by atoms with van der Waals surface area (Å²) < 4.78 is 25.1. The summed E-state index contributed by atoms with van der Waals surface area (Å²) >= 11 is 0. The minimum absolute atomic E-state index is 0.00579. The fourth-order valence-electron chi connectivity index (χ4n) is 0.969. The Morgan fingerprint density at radius 3 is 2.56 bits per heavy atom. The molecule has 0 spiro atoms. The Labute approximate surface area is 53.4 Å². The molecule has 1 fully saturated rings. The molecule has 1 rings (SSSR count). The second-order valence-corrected chi connectivity index (χ2v) is 2.62. The lowest BCUT2D eigenvalue weighted by atomic mass is 9.97. The van der Waals surface area contributed by atoms with E-state index in [1.807, 2.05) is 0 Å². The average molecular weight is 135 g/mol. The normalized spacial score (nSPS) is 34.3. The Bertz CT molecular complexity index is 103. The predicted molar refractivity (Wildman–Crippen MR) is 31.6 cm³/mol. The van der Waals surface area contributed by atoms with Gasteiger partial charge in [-0.1, -0.05) is 6.92 Å². The van der Waals surface area contributed by atoms with Crippen LogP contribution in [-0.4, -0.2) is 19.0 Å². The quantitative estimate of drug-likeness (QED) is 0.527. The molecule has 1 atom stereocenters. The molecule has 0 aliphatic carbocycles. The van der Waals surface area contributed by atoms with Crippen molar-refractivity contribution in [3.8, 4) is 0 Å². The monoisotopic (exact) mass is 135 g/mol. The predicted octanol–water partition coefficient (Wildman–Crippen LogP) is 1.25. The highest BCUT2D eigenvalue weighted by Gasteiger charge is 2.37. The molecule has 1 N–H and O–H groups in total. The first-order valence-corrected chi connectivity index (χ1v) is 3.21. The number of rotatable bonds is 0. The summed E-state index contributed by atoms with van der Waals surface area (Å²) in [5.41, 5.74) is 0. The molecule has 0 radical (unpaired) electrons. The van der Waals surface area contributed by atoms with Crippen molar-refractivity contribution in [3.05, 3.63) is 0 Å². The van der Waals surface area contributed by atoms with Crippen LogP contribution in [0.2, 0.25) is 0 Å². The molecule has 0 amide bonds. The van der Waals surface area contributed by atoms with Crippen LogP contribution in [0.3, 0.4) is 0 Å². The third-order valence-electron chi connectivity index (χ3n) is 1.81. The number of nitrogens with one attached hydrogen (secondary N) is 1. The van der Waals surface area contributed by atoms with Gasteiger partial charge in [0.2, 0.25) is 0 Å². The van der Waals surface area contributed by atoms with Gasteiger partial charge in [-0.3, -0.25) is 0 Å². The van der Waals surface area contributed by atoms with Crippen LogP contribution in [0, 0.1) is 5.92 Å². The van der Waals surface area contributed by atoms with Crippen LogP contribution in [0.25, 0.3) is 0 Å². The Morgan fingerprint density at radius 1 is 1.56 bits per heavy atom. The van der Waals surface area contributed by atoms with E-state index in [4.69, 9.17) is 0 Å². The summed E-state index contributed by atoms with van der Waals surface area (Å²) in [7, 11) is 0. The summed E-state index contributed by atoms with van der Waals surface area (Å²) in [4.78, 5) is 0. The highest BCUT2D eigenvalue weighted by atomic mass is 19.3. The molecule has 3 heteroatoms. The van der Waals surface area contributed by atoms with Crippen molar-refractivity contribution in [2.45, 2.75) is 19.3 Å². The van der Waals surface area contributed by atoms with Crippen LogP contribution in [0.5, 0.6) is 0 Å². The van der Waals surface area contributed by atoms with Crippen molar-refractivity contribution in [1.29, 1.82) is 0 Å². The number of piperidine rings is 1. The molecule has 1 heterocycles. The van der Waals surface area contributed by atoms with E-state index in [0.717, 1.165) is 0 Å². The third-order valence-corrected chi connectivity index (χ3v) is 1.81. The van der Waals surface area contributed by atoms with Gasteiger partial charge in [-0.05, 0) is 0 Å². The fourth-order valence-corrected chi connectivity index (χ4v) is 0.969. The summed E-state index contributed by atoms with van der Waals surface area (Å²) in [5, 5.41) is 2.91. The molecule has 1 nitrogen and oxygen atoms in total. The van der Waals surface area contributed by atoms with Crippen LogP contribution in [0.15, 0.2) is 0 Å². The maximum absolute atomic E-state index is 12.6. The van der Waals surface area contributed by atoms with Crippen LogP contribution in [0.4, 0.5) is 8.78 Å². The summed E-state index contributed by atoms with van der Waals surface area (Å²) in [6.07, 6.45) is -0.00579. The third kappa shape index (κ3) is 1.39. The van der Waals surface area contributed by atoms with Gasteiger partial charge in [-0.2, -0.15) is 0 Å². The van der Waals surface area contributed by atoms with Crippen molar-refractivity contribution in [2.75, 3.05) is 13.1 Å². The van der Waals surface area contributed by atoms with Crippen molar-refractivity contribution < 1.29 is 8.78 Å². The lowest BCUT2D eigenvalue weighted by Crippen LogP contribution is -2.42. The lowest BCUT2D eigenvalue weighted by Gasteiger charge is -2.28. The lowest BCUT2D eigenvalue weighted by molar-refractivity contribution is -0.0710. The van der Waals surface area contributed by atoms with Gasteiger partial charge in [-0.15, -0.1) is 0 Å². The molecule has 0 aromatic heterocycles. The SMILES string of the molecule is CC1CNCCC1(F)F. The molecule has 1 saturated heterocycles. The largest absolute Gasteiger partial charge is 0.316 e. The Balaban J connectivity index is 2.49. The van der Waals surface area contributed by atoms with Crippen LogP contribution in [0.1, 0.15) is 13.3 Å². The molecule has 0 saturated carbocycles. The van der Waals surface area contributed by atoms with Crippen molar-refractivity contribution in [3.63, 3.8) is 0 Å². The van der Waals surface area contributed by atoms with Crippen molar-refractivity contribution >= 4 is 0 Å². The van der Waals surface area contributed by atoms with Crippen LogP contribution < -0.4 is 5.32 Å². The molecule has 9 heavy (non-hydrogen) atoms. The highest BCUT2D eigenvalue weighted by Crippen LogP contribution is 2.29. The summed E-state index contributed by atoms with van der Waals surface area (Å²) in [6.45, 7) is 2.48. The van der Waals surface area contributed by atoms with E-state index in [9.17, 15) is 8.78 Å².